The molecule has 194 valence electrons. The van der Waals surface area contributed by atoms with Gasteiger partial charge in [0.05, 0.1) is 23.3 Å². The minimum atomic E-state index is -4.00. The molecule has 0 amide bonds. The number of rotatable bonds is 10. The van der Waals surface area contributed by atoms with Crippen molar-refractivity contribution >= 4 is 10.0 Å². The van der Waals surface area contributed by atoms with Crippen molar-refractivity contribution in [3.8, 4) is 5.69 Å². The van der Waals surface area contributed by atoms with Crippen LogP contribution in [0, 0.1) is 12.7 Å². The van der Waals surface area contributed by atoms with Gasteiger partial charge in [-0.15, -0.1) is 0 Å². The highest BCUT2D eigenvalue weighted by Crippen LogP contribution is 2.23. The first kappa shape index (κ1) is 26.5. The quantitative estimate of drug-likeness (QED) is 0.435. The summed E-state index contributed by atoms with van der Waals surface area (Å²) in [6, 6.07) is 13.8. The van der Waals surface area contributed by atoms with Gasteiger partial charge in [0.15, 0.2) is 0 Å². The number of aryl methyl sites for hydroxylation is 1. The fourth-order valence-corrected chi connectivity index (χ4v) is 5.24. The molecule has 1 aliphatic rings. The summed E-state index contributed by atoms with van der Waals surface area (Å²) in [7, 11) is -1.99. The molecule has 0 spiro atoms. The van der Waals surface area contributed by atoms with Crippen molar-refractivity contribution in [1.29, 1.82) is 0 Å². The Kier molecular flexibility index (Phi) is 8.56. The first-order chi connectivity index (χ1) is 17.2. The molecule has 0 aliphatic heterocycles. The van der Waals surface area contributed by atoms with Gasteiger partial charge in [-0.3, -0.25) is 4.90 Å². The van der Waals surface area contributed by atoms with Gasteiger partial charge in [-0.2, -0.15) is 5.10 Å². The third-order valence-corrected chi connectivity index (χ3v) is 7.50. The highest BCUT2D eigenvalue weighted by molar-refractivity contribution is 7.89. The molecule has 3 aromatic rings. The summed E-state index contributed by atoms with van der Waals surface area (Å²) in [6.45, 7) is 4.05. The molecule has 1 aromatic heterocycles. The van der Waals surface area contributed by atoms with Gasteiger partial charge in [0.2, 0.25) is 10.0 Å². The maximum Gasteiger partial charge on any atom is 0.238 e. The Morgan fingerprint density at radius 2 is 1.92 bits per heavy atom. The Hall–Kier alpha value is -2.59. The van der Waals surface area contributed by atoms with Gasteiger partial charge < -0.3 is 4.74 Å². The number of likely N-dealkylation sites (N-methyl/N-ethyl adjacent to an activating group) is 1. The topological polar surface area (TPSA) is 90.4 Å². The van der Waals surface area contributed by atoms with Crippen molar-refractivity contribution in [1.82, 2.24) is 14.7 Å². The zero-order valence-electron chi connectivity index (χ0n) is 21.0. The van der Waals surface area contributed by atoms with Gasteiger partial charge in [0.25, 0.3) is 0 Å². The number of hydrogen-bond acceptors (Lipinski definition) is 5. The number of primary sulfonamides is 1. The van der Waals surface area contributed by atoms with E-state index < -0.39 is 15.8 Å². The van der Waals surface area contributed by atoms with E-state index in [-0.39, 0.29) is 10.6 Å². The molecule has 9 heteroatoms. The predicted octanol–water partition coefficient (Wildman–Crippen LogP) is 4.34. The van der Waals surface area contributed by atoms with Crippen LogP contribution in [0.1, 0.15) is 54.6 Å². The van der Waals surface area contributed by atoms with E-state index in [9.17, 15) is 8.42 Å². The number of halogens is 1. The van der Waals surface area contributed by atoms with Crippen LogP contribution in [-0.4, -0.2) is 49.4 Å². The lowest BCUT2D eigenvalue weighted by atomic mass is 9.98. The third-order valence-electron chi connectivity index (χ3n) is 6.59. The highest BCUT2D eigenvalue weighted by atomic mass is 32.2. The molecule has 2 N–H and O–H groups in total. The van der Waals surface area contributed by atoms with Gasteiger partial charge in [0, 0.05) is 25.2 Å². The Labute approximate surface area is 213 Å². The molecular formula is C27H35FN4O3S. The van der Waals surface area contributed by atoms with Crippen molar-refractivity contribution in [3.63, 3.8) is 0 Å². The van der Waals surface area contributed by atoms with Gasteiger partial charge in [-0.05, 0) is 56.6 Å². The molecule has 0 saturated heterocycles. The van der Waals surface area contributed by atoms with Crippen molar-refractivity contribution in [2.24, 2.45) is 5.14 Å². The zero-order chi connectivity index (χ0) is 25.7. The molecule has 2 aromatic carbocycles. The highest BCUT2D eigenvalue weighted by Gasteiger charge is 2.18. The Balaban J connectivity index is 1.54. The first-order valence-electron chi connectivity index (χ1n) is 12.5. The lowest BCUT2D eigenvalue weighted by Crippen LogP contribution is -2.26. The predicted molar refractivity (Wildman–Crippen MR) is 138 cm³/mol. The lowest BCUT2D eigenvalue weighted by Gasteiger charge is -2.23. The normalized spacial score (nSPS) is 15.0. The number of nitrogens with zero attached hydrogens (tertiary/aromatic N) is 3. The van der Waals surface area contributed by atoms with Gasteiger partial charge in [-0.1, -0.05) is 49.1 Å². The van der Waals surface area contributed by atoms with E-state index in [1.807, 2.05) is 38.2 Å². The van der Waals surface area contributed by atoms with Crippen molar-refractivity contribution in [3.05, 3.63) is 76.9 Å². The molecule has 1 fully saturated rings. The van der Waals surface area contributed by atoms with Crippen LogP contribution in [-0.2, 0) is 27.7 Å². The van der Waals surface area contributed by atoms with Crippen LogP contribution in [0.4, 0.5) is 4.39 Å². The SMILES string of the molecule is Cc1cccc(Cc2cc(CN(C)CCOC3CCCCC3)nn2-c2ccc(S(N)(=O)=O)cc2F)c1. The summed E-state index contributed by atoms with van der Waals surface area (Å²) in [6.07, 6.45) is 7.01. The summed E-state index contributed by atoms with van der Waals surface area (Å²) in [5.41, 5.74) is 4.01. The smallest absolute Gasteiger partial charge is 0.238 e. The van der Waals surface area contributed by atoms with E-state index in [2.05, 4.69) is 11.0 Å². The standard InChI is InChI=1S/C27H35FN4O3S/c1-20-7-6-8-21(15-20)16-23-17-22(19-31(2)13-14-35-24-9-4-3-5-10-24)30-32(23)27-12-11-25(18-26(27)28)36(29,33)34/h6-8,11-12,15,17-18,24H,3-5,9-10,13-14,16,19H2,1-2H3,(H2,29,33,34). The first-order valence-corrected chi connectivity index (χ1v) is 14.0. The molecule has 7 nitrogen and oxygen atoms in total. The van der Waals surface area contributed by atoms with Crippen molar-refractivity contribution < 1.29 is 17.5 Å². The largest absolute Gasteiger partial charge is 0.377 e. The Morgan fingerprint density at radius 1 is 1.14 bits per heavy atom. The molecule has 1 heterocycles. The van der Waals surface area contributed by atoms with Gasteiger partial charge in [-0.25, -0.2) is 22.6 Å². The van der Waals surface area contributed by atoms with E-state index in [0.29, 0.717) is 25.7 Å². The number of sulfonamides is 1. The number of ether oxygens (including phenoxy) is 1. The maximum absolute atomic E-state index is 15.1. The number of hydrogen-bond donors (Lipinski definition) is 1. The molecule has 4 rings (SSSR count). The molecule has 0 bridgehead atoms. The molecule has 1 aliphatic carbocycles. The van der Waals surface area contributed by atoms with E-state index in [1.165, 1.54) is 31.4 Å². The van der Waals surface area contributed by atoms with E-state index in [4.69, 9.17) is 15.0 Å². The average Bonchev–Trinajstić information content (AvgIpc) is 3.20. The number of nitrogens with two attached hydrogens (primary N) is 1. The second-order valence-corrected chi connectivity index (χ2v) is 11.3. The summed E-state index contributed by atoms with van der Waals surface area (Å²) >= 11 is 0. The molecule has 1 saturated carbocycles. The lowest BCUT2D eigenvalue weighted by molar-refractivity contribution is 0.0182. The van der Waals surface area contributed by atoms with Gasteiger partial charge in [0.1, 0.15) is 11.5 Å². The van der Waals surface area contributed by atoms with E-state index >= 15 is 4.39 Å². The van der Waals surface area contributed by atoms with Crippen LogP contribution in [0.3, 0.4) is 0 Å². The van der Waals surface area contributed by atoms with Crippen LogP contribution < -0.4 is 5.14 Å². The summed E-state index contributed by atoms with van der Waals surface area (Å²) in [4.78, 5) is 1.88. The summed E-state index contributed by atoms with van der Waals surface area (Å²) < 4.78 is 46.0. The maximum atomic E-state index is 15.1. The van der Waals surface area contributed by atoms with Crippen LogP contribution in [0.15, 0.2) is 53.4 Å². The van der Waals surface area contributed by atoms with Crippen LogP contribution in [0.25, 0.3) is 5.69 Å². The van der Waals surface area contributed by atoms with Crippen LogP contribution in [0.5, 0.6) is 0 Å². The minimum absolute atomic E-state index is 0.180. The molecule has 36 heavy (non-hydrogen) atoms. The van der Waals surface area contributed by atoms with Crippen LogP contribution in [0.2, 0.25) is 0 Å². The Morgan fingerprint density at radius 3 is 2.61 bits per heavy atom. The number of benzene rings is 2. The zero-order valence-corrected chi connectivity index (χ0v) is 21.8. The van der Waals surface area contributed by atoms with E-state index in [1.54, 1.807) is 4.68 Å². The summed E-state index contributed by atoms with van der Waals surface area (Å²) in [5, 5.41) is 9.88. The average molecular weight is 515 g/mol. The Bertz CT molecular complexity index is 1290. The molecular weight excluding hydrogens is 479 g/mol. The van der Waals surface area contributed by atoms with E-state index in [0.717, 1.165) is 48.0 Å². The fraction of sp³-hybridized carbons (Fsp3) is 0.444. The van der Waals surface area contributed by atoms with Crippen molar-refractivity contribution in [2.75, 3.05) is 20.2 Å². The van der Waals surface area contributed by atoms with Gasteiger partial charge >= 0.3 is 0 Å². The molecule has 0 radical (unpaired) electrons. The summed E-state index contributed by atoms with van der Waals surface area (Å²) in [5.74, 6) is -0.698. The minimum Gasteiger partial charge on any atom is -0.377 e. The second-order valence-electron chi connectivity index (χ2n) is 9.73. The third kappa shape index (κ3) is 7.00. The van der Waals surface area contributed by atoms with Crippen molar-refractivity contribution in [2.45, 2.75) is 63.0 Å². The molecule has 0 unspecified atom stereocenters. The number of aromatic nitrogens is 2. The monoisotopic (exact) mass is 514 g/mol. The molecule has 0 atom stereocenters. The second kappa shape index (κ2) is 11.6. The fourth-order valence-electron chi connectivity index (χ4n) is 4.72. The van der Waals surface area contributed by atoms with Crippen LogP contribution >= 0.6 is 0 Å².